The van der Waals surface area contributed by atoms with Gasteiger partial charge in [-0.25, -0.2) is 4.98 Å². The third kappa shape index (κ3) is 3.73. The molecule has 2 aliphatic carbocycles. The number of guanidine groups is 1. The molecule has 3 fully saturated rings. The molecule has 0 amide bonds. The van der Waals surface area contributed by atoms with Crippen LogP contribution < -0.4 is 10.6 Å². The lowest BCUT2D eigenvalue weighted by Gasteiger charge is -2.57. The first-order chi connectivity index (χ1) is 12.4. The molecule has 3 aliphatic rings. The van der Waals surface area contributed by atoms with Crippen molar-refractivity contribution in [2.75, 3.05) is 13.7 Å². The second kappa shape index (κ2) is 7.89. The maximum Gasteiger partial charge on any atom is 0.213 e. The van der Waals surface area contributed by atoms with Gasteiger partial charge in [0.2, 0.25) is 5.89 Å². The lowest BCUT2D eigenvalue weighted by atomic mass is 9.54. The van der Waals surface area contributed by atoms with Crippen LogP contribution >= 0.6 is 24.0 Å². The number of halogens is 1. The number of nitrogens with one attached hydrogen (secondary N) is 2. The maximum atomic E-state index is 6.07. The van der Waals surface area contributed by atoms with Crippen molar-refractivity contribution in [1.29, 1.82) is 0 Å². The zero-order valence-corrected chi connectivity index (χ0v) is 19.2. The number of ether oxygens (including phenoxy) is 1. The van der Waals surface area contributed by atoms with Crippen molar-refractivity contribution in [2.24, 2.45) is 16.3 Å². The molecule has 6 nitrogen and oxygen atoms in total. The summed E-state index contributed by atoms with van der Waals surface area (Å²) in [5, 5.41) is 7.08. The van der Waals surface area contributed by atoms with Crippen LogP contribution in [0.5, 0.6) is 0 Å². The van der Waals surface area contributed by atoms with Gasteiger partial charge in [-0.3, -0.25) is 4.99 Å². The monoisotopic (exact) mass is 488 g/mol. The molecule has 1 spiro atoms. The van der Waals surface area contributed by atoms with Crippen molar-refractivity contribution >= 4 is 29.9 Å². The van der Waals surface area contributed by atoms with Crippen molar-refractivity contribution in [1.82, 2.24) is 15.6 Å². The van der Waals surface area contributed by atoms with E-state index in [1.165, 1.54) is 25.7 Å². The van der Waals surface area contributed by atoms with Crippen LogP contribution in [0.3, 0.4) is 0 Å². The summed E-state index contributed by atoms with van der Waals surface area (Å²) in [7, 11) is 1.83. The van der Waals surface area contributed by atoms with Gasteiger partial charge in [-0.2, -0.15) is 0 Å². The topological polar surface area (TPSA) is 71.7 Å². The summed E-state index contributed by atoms with van der Waals surface area (Å²) >= 11 is 0. The molecule has 2 heterocycles. The van der Waals surface area contributed by atoms with E-state index in [1.54, 1.807) is 0 Å². The van der Waals surface area contributed by atoms with E-state index in [4.69, 9.17) is 9.15 Å². The molecule has 1 aromatic heterocycles. The molecule has 0 aromatic carbocycles. The van der Waals surface area contributed by atoms with Crippen LogP contribution in [0.2, 0.25) is 0 Å². The first-order valence-corrected chi connectivity index (χ1v) is 9.98. The van der Waals surface area contributed by atoms with E-state index in [0.29, 0.717) is 35.9 Å². The highest BCUT2D eigenvalue weighted by molar-refractivity contribution is 14.0. The Balaban J connectivity index is 0.00000210. The first-order valence-electron chi connectivity index (χ1n) is 9.98. The van der Waals surface area contributed by atoms with Crippen molar-refractivity contribution in [3.63, 3.8) is 0 Å². The summed E-state index contributed by atoms with van der Waals surface area (Å²) in [6.45, 7) is 7.84. The quantitative estimate of drug-likeness (QED) is 0.387. The van der Waals surface area contributed by atoms with E-state index in [9.17, 15) is 0 Å². The molecule has 1 saturated heterocycles. The molecule has 152 valence electrons. The highest BCUT2D eigenvalue weighted by Crippen LogP contribution is 2.60. The Morgan fingerprint density at radius 2 is 2.07 bits per heavy atom. The molecular formula is C20H33IN4O2. The Morgan fingerprint density at radius 3 is 2.70 bits per heavy atom. The van der Waals surface area contributed by atoms with Gasteiger partial charge in [-0.1, -0.05) is 33.6 Å². The smallest absolute Gasteiger partial charge is 0.213 e. The predicted molar refractivity (Wildman–Crippen MR) is 116 cm³/mol. The lowest BCUT2D eigenvalue weighted by Crippen LogP contribution is -2.69. The Morgan fingerprint density at radius 1 is 1.33 bits per heavy atom. The zero-order chi connectivity index (χ0) is 18.4. The van der Waals surface area contributed by atoms with Gasteiger partial charge in [0, 0.05) is 36.4 Å². The number of hydrogen-bond acceptors (Lipinski definition) is 4. The second-order valence-electron chi connectivity index (χ2n) is 9.10. The largest absolute Gasteiger partial charge is 0.443 e. The van der Waals surface area contributed by atoms with E-state index >= 15 is 0 Å². The number of aromatic nitrogens is 1. The van der Waals surface area contributed by atoms with Gasteiger partial charge in [0.25, 0.3) is 0 Å². The average molecular weight is 488 g/mol. The van der Waals surface area contributed by atoms with Gasteiger partial charge in [-0.15, -0.1) is 24.0 Å². The van der Waals surface area contributed by atoms with Crippen LogP contribution in [0.1, 0.15) is 64.5 Å². The van der Waals surface area contributed by atoms with E-state index in [2.05, 4.69) is 41.4 Å². The van der Waals surface area contributed by atoms with E-state index in [-0.39, 0.29) is 29.4 Å². The summed E-state index contributed by atoms with van der Waals surface area (Å²) < 4.78 is 11.9. The van der Waals surface area contributed by atoms with Crippen molar-refractivity contribution < 1.29 is 9.15 Å². The predicted octanol–water partition coefficient (Wildman–Crippen LogP) is 3.60. The van der Waals surface area contributed by atoms with Crippen LogP contribution in [-0.4, -0.2) is 36.7 Å². The fourth-order valence-electron chi connectivity index (χ4n) is 5.14. The van der Waals surface area contributed by atoms with E-state index < -0.39 is 0 Å². The molecule has 0 bridgehead atoms. The van der Waals surface area contributed by atoms with E-state index in [0.717, 1.165) is 24.7 Å². The number of nitrogens with zero attached hydrogens (tertiary/aromatic N) is 2. The highest BCUT2D eigenvalue weighted by atomic mass is 127. The minimum Gasteiger partial charge on any atom is -0.443 e. The van der Waals surface area contributed by atoms with Crippen LogP contribution in [0, 0.1) is 11.3 Å². The van der Waals surface area contributed by atoms with Crippen LogP contribution in [-0.2, 0) is 16.7 Å². The molecule has 3 atom stereocenters. The Kier molecular flexibility index (Phi) is 6.11. The minimum atomic E-state index is -0.0244. The summed E-state index contributed by atoms with van der Waals surface area (Å²) in [5.41, 5.74) is 0.296. The molecule has 0 radical (unpaired) electrons. The highest BCUT2D eigenvalue weighted by Gasteiger charge is 2.65. The number of fused-ring (bicyclic) bond motifs is 2. The minimum absolute atomic E-state index is 0. The maximum absolute atomic E-state index is 6.07. The van der Waals surface area contributed by atoms with Gasteiger partial charge in [0.1, 0.15) is 5.76 Å². The number of rotatable bonds is 3. The van der Waals surface area contributed by atoms with Gasteiger partial charge >= 0.3 is 0 Å². The van der Waals surface area contributed by atoms with Crippen LogP contribution in [0.15, 0.2) is 15.6 Å². The van der Waals surface area contributed by atoms with Gasteiger partial charge < -0.3 is 19.8 Å². The Hall–Kier alpha value is -0.830. The molecular weight excluding hydrogens is 455 g/mol. The number of oxazole rings is 1. The summed E-state index contributed by atoms with van der Waals surface area (Å²) in [4.78, 5) is 8.83. The standard InChI is InChI=1S/C20H32N4O2.HI/c1-19(2,3)14-11-22-15(26-14)12-23-18(21-4)24-16-13-7-10-25-17(13)20(16)8-5-6-9-20;/h11,13,16-17H,5-10,12H2,1-4H3,(H2,21,23,24);1H. The molecule has 3 unspecified atom stereocenters. The summed E-state index contributed by atoms with van der Waals surface area (Å²) in [5.74, 6) is 3.07. The fraction of sp³-hybridized carbons (Fsp3) is 0.800. The Labute approximate surface area is 179 Å². The van der Waals surface area contributed by atoms with Crippen molar-refractivity contribution in [3.05, 3.63) is 17.8 Å². The van der Waals surface area contributed by atoms with Crippen LogP contribution in [0.25, 0.3) is 0 Å². The Bertz CT molecular complexity index is 676. The molecule has 27 heavy (non-hydrogen) atoms. The summed E-state index contributed by atoms with van der Waals surface area (Å²) in [6.07, 6.45) is 8.64. The molecule has 4 rings (SSSR count). The normalized spacial score (nSPS) is 29.2. The third-order valence-electron chi connectivity index (χ3n) is 6.50. The van der Waals surface area contributed by atoms with Gasteiger partial charge in [0.05, 0.1) is 18.8 Å². The molecule has 2 saturated carbocycles. The summed E-state index contributed by atoms with van der Waals surface area (Å²) in [6, 6.07) is 0.471. The fourth-order valence-corrected chi connectivity index (χ4v) is 5.14. The molecule has 1 aromatic rings. The van der Waals surface area contributed by atoms with Crippen molar-refractivity contribution in [3.8, 4) is 0 Å². The number of hydrogen-bond donors (Lipinski definition) is 2. The molecule has 2 N–H and O–H groups in total. The molecule has 7 heteroatoms. The SMILES string of the molecule is CN=C(NCc1ncc(C(C)(C)C)o1)NC1C2CCOC2C12CCCC2.I. The zero-order valence-electron chi connectivity index (χ0n) is 16.9. The molecule has 1 aliphatic heterocycles. The van der Waals surface area contributed by atoms with Gasteiger partial charge in [-0.05, 0) is 19.3 Å². The lowest BCUT2D eigenvalue weighted by molar-refractivity contribution is -0.125. The average Bonchev–Trinajstić information content (AvgIpc) is 3.33. The number of aliphatic imine (C=N–C) groups is 1. The van der Waals surface area contributed by atoms with E-state index in [1.807, 2.05) is 13.2 Å². The van der Waals surface area contributed by atoms with Crippen LogP contribution in [0.4, 0.5) is 0 Å². The first kappa shape index (κ1) is 20.9. The van der Waals surface area contributed by atoms with Gasteiger partial charge in [0.15, 0.2) is 5.96 Å². The van der Waals surface area contributed by atoms with Crippen molar-refractivity contribution in [2.45, 2.75) is 77.0 Å². The second-order valence-corrected chi connectivity index (χ2v) is 9.10. The third-order valence-corrected chi connectivity index (χ3v) is 6.50.